The molecule has 76 heavy (non-hydrogen) atoms. The molecule has 0 radical (unpaired) electrons. The Labute approximate surface area is 458 Å². The van der Waals surface area contributed by atoms with Crippen molar-refractivity contribution in [2.24, 2.45) is 0 Å². The first-order valence-electron chi connectivity index (χ1n) is 29.9. The molecule has 0 spiro atoms. The fraction of sp³-hybridized carbons (Fsp3) is 0.803. The molecule has 0 aromatic rings. The summed E-state index contributed by atoms with van der Waals surface area (Å²) in [6, 6.07) is 0. The summed E-state index contributed by atoms with van der Waals surface area (Å²) in [7, 11) is 0. The lowest BCUT2D eigenvalue weighted by Crippen LogP contribution is -2.61. The number of aliphatic hydroxyl groups excluding tert-OH is 7. The Bertz CT molecular complexity index is 1550. The van der Waals surface area contributed by atoms with E-state index in [-0.39, 0.29) is 19.4 Å². The second kappa shape index (κ2) is 47.1. The minimum atomic E-state index is -1.78. The van der Waals surface area contributed by atoms with E-state index in [1.807, 2.05) is 6.08 Å². The van der Waals surface area contributed by atoms with Crippen LogP contribution in [0, 0.1) is 0 Å². The van der Waals surface area contributed by atoms with Gasteiger partial charge < -0.3 is 64.2 Å². The minimum absolute atomic E-state index is 0.139. The zero-order chi connectivity index (χ0) is 55.3. The number of esters is 2. The van der Waals surface area contributed by atoms with E-state index in [0.717, 1.165) is 51.4 Å². The summed E-state index contributed by atoms with van der Waals surface area (Å²) in [4.78, 5) is 25.9. The van der Waals surface area contributed by atoms with Crippen molar-refractivity contribution < 1.29 is 73.8 Å². The quantitative estimate of drug-likeness (QED) is 0.0171. The fourth-order valence-corrected chi connectivity index (χ4v) is 9.20. The number of rotatable bonds is 47. The van der Waals surface area contributed by atoms with Crippen molar-refractivity contribution in [1.29, 1.82) is 0 Å². The van der Waals surface area contributed by atoms with E-state index in [0.29, 0.717) is 19.3 Å². The van der Waals surface area contributed by atoms with Gasteiger partial charge in [-0.3, -0.25) is 9.59 Å². The summed E-state index contributed by atoms with van der Waals surface area (Å²) in [5.41, 5.74) is 0. The summed E-state index contributed by atoms with van der Waals surface area (Å²) in [6.45, 7) is 2.45. The van der Waals surface area contributed by atoms with Crippen LogP contribution in [0.3, 0.4) is 0 Å². The van der Waals surface area contributed by atoms with Gasteiger partial charge in [0.05, 0.1) is 19.8 Å². The first-order chi connectivity index (χ1) is 37.0. The summed E-state index contributed by atoms with van der Waals surface area (Å²) >= 11 is 0. The van der Waals surface area contributed by atoms with Crippen molar-refractivity contribution in [3.8, 4) is 0 Å². The number of hydrogen-bond acceptors (Lipinski definition) is 15. The van der Waals surface area contributed by atoms with Crippen LogP contribution in [0.2, 0.25) is 0 Å². The third-order valence-electron chi connectivity index (χ3n) is 14.0. The Morgan fingerprint density at radius 3 is 1.29 bits per heavy atom. The molecule has 2 aliphatic rings. The van der Waals surface area contributed by atoms with Crippen LogP contribution < -0.4 is 0 Å². The summed E-state index contributed by atoms with van der Waals surface area (Å²) in [5, 5.41) is 72.3. The first-order valence-corrected chi connectivity index (χ1v) is 29.9. The molecule has 2 saturated heterocycles. The Hall–Kier alpha value is -2.80. The molecular formula is C61H106O15. The molecule has 11 atom stereocenters. The van der Waals surface area contributed by atoms with Gasteiger partial charge >= 0.3 is 11.9 Å². The number of carbonyl (C=O) groups excluding carboxylic acids is 2. The highest BCUT2D eigenvalue weighted by Crippen LogP contribution is 2.27. The lowest BCUT2D eigenvalue weighted by molar-refractivity contribution is -0.332. The summed E-state index contributed by atoms with van der Waals surface area (Å²) in [5.74, 6) is -0.987. The van der Waals surface area contributed by atoms with E-state index in [1.165, 1.54) is 122 Å². The molecule has 0 aromatic heterocycles. The van der Waals surface area contributed by atoms with Gasteiger partial charge in [-0.1, -0.05) is 216 Å². The van der Waals surface area contributed by atoms with Crippen LogP contribution >= 0.6 is 0 Å². The lowest BCUT2D eigenvalue weighted by atomic mass is 9.98. The maximum absolute atomic E-state index is 13.1. The van der Waals surface area contributed by atoms with E-state index >= 15 is 0 Å². The van der Waals surface area contributed by atoms with Crippen molar-refractivity contribution in [2.45, 2.75) is 287 Å². The van der Waals surface area contributed by atoms with Crippen LogP contribution in [0.1, 0.15) is 219 Å². The number of unbranched alkanes of at least 4 members (excludes halogenated alkanes) is 23. The van der Waals surface area contributed by atoms with Crippen molar-refractivity contribution in [1.82, 2.24) is 0 Å². The van der Waals surface area contributed by atoms with E-state index in [2.05, 4.69) is 68.5 Å². The highest BCUT2D eigenvalue weighted by Gasteiger charge is 2.47. The van der Waals surface area contributed by atoms with Crippen molar-refractivity contribution >= 4 is 11.9 Å². The first kappa shape index (κ1) is 69.3. The number of allylic oxidation sites excluding steroid dienone is 10. The highest BCUT2D eigenvalue weighted by atomic mass is 16.7. The maximum Gasteiger partial charge on any atom is 0.306 e. The molecule has 15 nitrogen and oxygen atoms in total. The van der Waals surface area contributed by atoms with Gasteiger partial charge in [0, 0.05) is 12.8 Å². The average Bonchev–Trinajstić information content (AvgIpc) is 3.42. The second-order valence-corrected chi connectivity index (χ2v) is 20.8. The molecule has 2 rings (SSSR count). The predicted octanol–water partition coefficient (Wildman–Crippen LogP) is 10.4. The molecule has 2 heterocycles. The van der Waals surface area contributed by atoms with Crippen LogP contribution in [0.25, 0.3) is 0 Å². The summed E-state index contributed by atoms with van der Waals surface area (Å²) < 4.78 is 33.6. The van der Waals surface area contributed by atoms with Crippen LogP contribution in [-0.4, -0.2) is 142 Å². The van der Waals surface area contributed by atoms with Crippen molar-refractivity contribution in [2.75, 3.05) is 26.4 Å². The molecular weight excluding hydrogens is 973 g/mol. The van der Waals surface area contributed by atoms with Gasteiger partial charge in [-0.2, -0.15) is 0 Å². The molecule has 7 N–H and O–H groups in total. The molecule has 0 saturated carbocycles. The van der Waals surface area contributed by atoms with Gasteiger partial charge in [0.2, 0.25) is 0 Å². The zero-order valence-corrected chi connectivity index (χ0v) is 47.0. The third kappa shape index (κ3) is 33.6. The number of hydrogen-bond donors (Lipinski definition) is 7. The minimum Gasteiger partial charge on any atom is -0.462 e. The molecule has 0 aromatic carbocycles. The van der Waals surface area contributed by atoms with Crippen LogP contribution in [0.4, 0.5) is 0 Å². The van der Waals surface area contributed by atoms with Crippen molar-refractivity contribution in [3.05, 3.63) is 60.8 Å². The topological polar surface area (TPSA) is 231 Å². The summed E-state index contributed by atoms with van der Waals surface area (Å²) in [6.07, 6.45) is 39.7. The predicted molar refractivity (Wildman–Crippen MR) is 298 cm³/mol. The van der Waals surface area contributed by atoms with Crippen LogP contribution in [0.5, 0.6) is 0 Å². The molecule has 15 heteroatoms. The van der Waals surface area contributed by atoms with Gasteiger partial charge in [-0.25, -0.2) is 0 Å². The molecule has 0 bridgehead atoms. The largest absolute Gasteiger partial charge is 0.462 e. The second-order valence-electron chi connectivity index (χ2n) is 20.8. The van der Waals surface area contributed by atoms with Gasteiger partial charge in [0.25, 0.3) is 0 Å². The van der Waals surface area contributed by atoms with Gasteiger partial charge in [-0.05, 0) is 51.4 Å². The molecule has 2 fully saturated rings. The SMILES string of the molecule is CC/C=C/C/C=C/C/C=C/C/C=C/C/C=C/CCCC(=O)OC[C@H](CO[C@H]1O[C@@H](CO[C@H]2O[C@@H](CO)[C@@H](O)C(O)C2O)[C@@H](O)C(O)C1O)OC(=O)CCCCCCCCCCCCCCCCCCCCCCCCC. The molecule has 4 unspecified atom stereocenters. The van der Waals surface area contributed by atoms with Crippen molar-refractivity contribution in [3.63, 3.8) is 0 Å². The molecule has 0 aliphatic carbocycles. The Morgan fingerprint density at radius 2 is 0.829 bits per heavy atom. The number of aliphatic hydroxyl groups is 7. The standard InChI is InChI=1S/C61H106O15/c1-3-5-7-9-11-13-15-17-19-21-22-23-24-25-26-28-30-32-34-36-38-40-42-44-53(64)74-49(46-71-52(63)43-41-39-37-35-33-31-29-27-20-18-16-14-12-10-8-6-4-2)47-72-60-59(70)57(68)55(66)51(76-60)48-73-61-58(69)56(67)54(65)50(45-62)75-61/h6,8,12,14,18,20,29,31,35,37,49-51,54-62,65-70H,3-5,7,9-11,13,15-17,19,21-28,30,32-34,36,38-48H2,1-2H3/b8-6+,14-12+,20-18+,31-29+,37-35+/t49-,50+,51+,54-,55-,56?,57?,58?,59?,60+,61+/m1/s1. The number of ether oxygens (including phenoxy) is 6. The zero-order valence-electron chi connectivity index (χ0n) is 47.0. The maximum atomic E-state index is 13.1. The van der Waals surface area contributed by atoms with Crippen LogP contribution in [-0.2, 0) is 38.0 Å². The smallest absolute Gasteiger partial charge is 0.306 e. The lowest BCUT2D eigenvalue weighted by Gasteiger charge is -2.42. The third-order valence-corrected chi connectivity index (χ3v) is 14.0. The van der Waals surface area contributed by atoms with Crippen LogP contribution in [0.15, 0.2) is 60.8 Å². The highest BCUT2D eigenvalue weighted by molar-refractivity contribution is 5.70. The monoisotopic (exact) mass is 1080 g/mol. The fourth-order valence-electron chi connectivity index (χ4n) is 9.20. The number of carbonyl (C=O) groups is 2. The van der Waals surface area contributed by atoms with Gasteiger partial charge in [-0.15, -0.1) is 0 Å². The van der Waals surface area contributed by atoms with E-state index in [4.69, 9.17) is 28.4 Å². The molecule has 0 amide bonds. The Balaban J connectivity index is 1.75. The van der Waals surface area contributed by atoms with E-state index < -0.39 is 99.3 Å². The molecule has 2 aliphatic heterocycles. The Morgan fingerprint density at radius 1 is 0.434 bits per heavy atom. The average molecular weight is 1080 g/mol. The van der Waals surface area contributed by atoms with Gasteiger partial charge in [0.15, 0.2) is 18.7 Å². The molecule has 440 valence electrons. The Kier molecular flexibility index (Phi) is 42.9. The van der Waals surface area contributed by atoms with E-state index in [1.54, 1.807) is 0 Å². The van der Waals surface area contributed by atoms with Gasteiger partial charge in [0.1, 0.15) is 55.4 Å². The van der Waals surface area contributed by atoms with E-state index in [9.17, 15) is 45.3 Å². The normalized spacial score (nSPS) is 24.8.